The number of rotatable bonds is 5. The number of hydrogen-bond donors (Lipinski definition) is 3. The quantitative estimate of drug-likeness (QED) is 0.574. The number of nitrogen functional groups attached to an aromatic ring is 1. The summed E-state index contributed by atoms with van der Waals surface area (Å²) in [5.74, 6) is -0.116. The summed E-state index contributed by atoms with van der Waals surface area (Å²) < 4.78 is 18.2. The fourth-order valence-electron chi connectivity index (χ4n) is 2.74. The highest BCUT2D eigenvalue weighted by molar-refractivity contribution is 5.66. The van der Waals surface area contributed by atoms with Gasteiger partial charge in [0, 0.05) is 18.6 Å². The number of benzene rings is 1. The first-order valence-corrected chi connectivity index (χ1v) is 7.21. The van der Waals surface area contributed by atoms with E-state index in [9.17, 15) is 9.50 Å². The van der Waals surface area contributed by atoms with Gasteiger partial charge in [0.15, 0.2) is 6.29 Å². The normalized spacial score (nSPS) is 24.4. The van der Waals surface area contributed by atoms with E-state index in [1.807, 2.05) is 6.92 Å². The largest absolute Gasteiger partial charge is 0.397 e. The van der Waals surface area contributed by atoms with Gasteiger partial charge in [-0.05, 0) is 50.8 Å². The first-order valence-electron chi connectivity index (χ1n) is 7.21. The van der Waals surface area contributed by atoms with Crippen LogP contribution in [0.15, 0.2) is 18.2 Å². The molecule has 4 N–H and O–H groups in total. The van der Waals surface area contributed by atoms with Crippen molar-refractivity contribution in [3.63, 3.8) is 0 Å². The topological polar surface area (TPSA) is 67.5 Å². The van der Waals surface area contributed by atoms with Crippen molar-refractivity contribution in [2.24, 2.45) is 5.92 Å². The van der Waals surface area contributed by atoms with Gasteiger partial charge in [0.25, 0.3) is 0 Å². The summed E-state index contributed by atoms with van der Waals surface area (Å²) in [7, 11) is 0. The lowest BCUT2D eigenvalue weighted by Crippen LogP contribution is -2.32. The predicted molar refractivity (Wildman–Crippen MR) is 77.8 cm³/mol. The fraction of sp³-hybridized carbons (Fsp3) is 0.600. The molecule has 0 saturated heterocycles. The summed E-state index contributed by atoms with van der Waals surface area (Å²) >= 11 is 0. The highest BCUT2D eigenvalue weighted by atomic mass is 19.1. The molecule has 0 aliphatic heterocycles. The molecule has 1 aromatic rings. The molecule has 1 aliphatic rings. The highest BCUT2D eigenvalue weighted by Gasteiger charge is 2.26. The molecule has 2 rings (SSSR count). The van der Waals surface area contributed by atoms with Crippen molar-refractivity contribution in [3.05, 3.63) is 24.0 Å². The van der Waals surface area contributed by atoms with E-state index in [0.29, 0.717) is 18.3 Å². The zero-order valence-electron chi connectivity index (χ0n) is 11.8. The molecule has 1 aliphatic carbocycles. The molecule has 0 heterocycles. The first-order chi connectivity index (χ1) is 9.60. The summed E-state index contributed by atoms with van der Waals surface area (Å²) in [4.78, 5) is 0. The molecule has 0 aromatic heterocycles. The molecule has 112 valence electrons. The van der Waals surface area contributed by atoms with E-state index in [1.54, 1.807) is 6.07 Å². The van der Waals surface area contributed by atoms with Gasteiger partial charge in [0.05, 0.1) is 11.4 Å². The van der Waals surface area contributed by atoms with Crippen LogP contribution in [0.2, 0.25) is 0 Å². The number of aliphatic hydroxyl groups is 1. The van der Waals surface area contributed by atoms with Crippen LogP contribution in [-0.4, -0.2) is 24.0 Å². The molecule has 0 bridgehead atoms. The number of halogens is 1. The van der Waals surface area contributed by atoms with Crippen LogP contribution in [0.4, 0.5) is 15.8 Å². The minimum atomic E-state index is -0.656. The van der Waals surface area contributed by atoms with E-state index in [0.717, 1.165) is 31.4 Å². The van der Waals surface area contributed by atoms with Gasteiger partial charge < -0.3 is 20.9 Å². The van der Waals surface area contributed by atoms with Gasteiger partial charge in [-0.25, -0.2) is 4.39 Å². The molecule has 0 radical (unpaired) electrons. The van der Waals surface area contributed by atoms with E-state index in [1.165, 1.54) is 12.1 Å². The summed E-state index contributed by atoms with van der Waals surface area (Å²) in [6.07, 6.45) is 3.08. The third-order valence-electron chi connectivity index (χ3n) is 3.89. The number of anilines is 2. The smallest absolute Gasteiger partial charge is 0.157 e. The third-order valence-corrected chi connectivity index (χ3v) is 3.89. The van der Waals surface area contributed by atoms with Crippen molar-refractivity contribution < 1.29 is 14.2 Å². The SMILES string of the molecule is CCOC(O)[C@H]1CC[C@@H](Nc2ccc(F)cc2N)CC1. The highest BCUT2D eigenvalue weighted by Crippen LogP contribution is 2.30. The van der Waals surface area contributed by atoms with E-state index in [-0.39, 0.29) is 11.7 Å². The number of nitrogens with two attached hydrogens (primary N) is 1. The van der Waals surface area contributed by atoms with Crippen LogP contribution in [0.3, 0.4) is 0 Å². The lowest BCUT2D eigenvalue weighted by molar-refractivity contribution is -0.137. The Balaban J connectivity index is 1.85. The monoisotopic (exact) mass is 282 g/mol. The summed E-state index contributed by atoms with van der Waals surface area (Å²) in [5.41, 5.74) is 7.00. The molecule has 5 heteroatoms. The molecule has 0 amide bonds. The van der Waals surface area contributed by atoms with Crippen LogP contribution in [0.5, 0.6) is 0 Å². The standard InChI is InChI=1S/C15H23FN2O2/c1-2-20-15(19)10-3-6-12(7-4-10)18-14-8-5-11(16)9-13(14)17/h5,8-10,12,15,18-19H,2-4,6-7,17H2,1H3/t10-,12+,15?. The molecule has 20 heavy (non-hydrogen) atoms. The maximum atomic E-state index is 13.0. The minimum Gasteiger partial charge on any atom is -0.397 e. The average Bonchev–Trinajstić information content (AvgIpc) is 2.43. The van der Waals surface area contributed by atoms with Crippen molar-refractivity contribution in [2.45, 2.75) is 44.9 Å². The number of aliphatic hydroxyl groups excluding tert-OH is 1. The molecule has 0 spiro atoms. The van der Waals surface area contributed by atoms with Crippen LogP contribution >= 0.6 is 0 Å². The van der Waals surface area contributed by atoms with Crippen molar-refractivity contribution >= 4 is 11.4 Å². The molecule has 1 unspecified atom stereocenters. The average molecular weight is 282 g/mol. The van der Waals surface area contributed by atoms with E-state index < -0.39 is 6.29 Å². The molecular weight excluding hydrogens is 259 g/mol. The molecule has 1 saturated carbocycles. The Bertz CT molecular complexity index is 434. The van der Waals surface area contributed by atoms with E-state index in [4.69, 9.17) is 10.5 Å². The Hall–Kier alpha value is -1.33. The number of ether oxygens (including phenoxy) is 1. The summed E-state index contributed by atoms with van der Waals surface area (Å²) in [6, 6.07) is 4.72. The van der Waals surface area contributed by atoms with Crippen LogP contribution in [0, 0.1) is 11.7 Å². The number of nitrogens with one attached hydrogen (secondary N) is 1. The zero-order chi connectivity index (χ0) is 14.5. The minimum absolute atomic E-state index is 0.207. The second-order valence-electron chi connectivity index (χ2n) is 5.33. The van der Waals surface area contributed by atoms with Gasteiger partial charge in [-0.2, -0.15) is 0 Å². The zero-order valence-corrected chi connectivity index (χ0v) is 11.8. The Morgan fingerprint density at radius 2 is 2.10 bits per heavy atom. The third kappa shape index (κ3) is 3.84. The van der Waals surface area contributed by atoms with Crippen LogP contribution in [-0.2, 0) is 4.74 Å². The molecular formula is C15H23FN2O2. The first kappa shape index (κ1) is 15.1. The van der Waals surface area contributed by atoms with Crippen LogP contribution < -0.4 is 11.1 Å². The van der Waals surface area contributed by atoms with Gasteiger partial charge in [0.2, 0.25) is 0 Å². The van der Waals surface area contributed by atoms with Gasteiger partial charge in [-0.1, -0.05) is 0 Å². The summed E-state index contributed by atoms with van der Waals surface area (Å²) in [5, 5.41) is 13.2. The molecule has 1 aromatic carbocycles. The second kappa shape index (κ2) is 6.90. The Morgan fingerprint density at radius 1 is 1.40 bits per heavy atom. The van der Waals surface area contributed by atoms with Crippen molar-refractivity contribution in [1.82, 2.24) is 0 Å². The van der Waals surface area contributed by atoms with E-state index in [2.05, 4.69) is 5.32 Å². The Kier molecular flexibility index (Phi) is 5.20. The van der Waals surface area contributed by atoms with Gasteiger partial charge >= 0.3 is 0 Å². The Morgan fingerprint density at radius 3 is 2.70 bits per heavy atom. The van der Waals surface area contributed by atoms with Crippen LogP contribution in [0.25, 0.3) is 0 Å². The van der Waals surface area contributed by atoms with Crippen LogP contribution in [0.1, 0.15) is 32.6 Å². The number of hydrogen-bond acceptors (Lipinski definition) is 4. The second-order valence-corrected chi connectivity index (χ2v) is 5.33. The molecule has 4 nitrogen and oxygen atoms in total. The lowest BCUT2D eigenvalue weighted by atomic mass is 9.85. The predicted octanol–water partition coefficient (Wildman–Crippen LogP) is 2.73. The van der Waals surface area contributed by atoms with Crippen molar-refractivity contribution in [3.8, 4) is 0 Å². The lowest BCUT2D eigenvalue weighted by Gasteiger charge is -2.32. The van der Waals surface area contributed by atoms with Crippen molar-refractivity contribution in [2.75, 3.05) is 17.7 Å². The summed E-state index contributed by atoms with van der Waals surface area (Å²) in [6.45, 7) is 2.42. The molecule has 1 fully saturated rings. The maximum absolute atomic E-state index is 13.0. The van der Waals surface area contributed by atoms with Gasteiger partial charge in [-0.15, -0.1) is 0 Å². The molecule has 1 atom stereocenters. The fourth-order valence-corrected chi connectivity index (χ4v) is 2.74. The van der Waals surface area contributed by atoms with E-state index >= 15 is 0 Å². The van der Waals surface area contributed by atoms with Gasteiger partial charge in [-0.3, -0.25) is 0 Å². The van der Waals surface area contributed by atoms with Crippen molar-refractivity contribution in [1.29, 1.82) is 0 Å². The maximum Gasteiger partial charge on any atom is 0.157 e. The van der Waals surface area contributed by atoms with Gasteiger partial charge in [0.1, 0.15) is 5.82 Å². The Labute approximate surface area is 119 Å².